The lowest BCUT2D eigenvalue weighted by molar-refractivity contribution is 0.0882. The molecule has 19 heavy (non-hydrogen) atoms. The molecule has 1 aromatic carbocycles. The van der Waals surface area contributed by atoms with Crippen LogP contribution in [-0.4, -0.2) is 18.0 Å². The van der Waals surface area contributed by atoms with E-state index in [9.17, 15) is 13.6 Å². The number of nitrogens with one attached hydrogen (secondary N) is 1. The highest BCUT2D eigenvalue weighted by molar-refractivity contribution is 5.94. The van der Waals surface area contributed by atoms with Gasteiger partial charge in [-0.05, 0) is 31.0 Å². The number of carbonyl (C=O) groups excluding carboxylic acids is 1. The quantitative estimate of drug-likeness (QED) is 0.896. The van der Waals surface area contributed by atoms with Gasteiger partial charge in [0.05, 0.1) is 5.54 Å². The Hall–Kier alpha value is -1.20. The fraction of sp³-hybridized carbons (Fsp3) is 0.462. The van der Waals surface area contributed by atoms with Crippen LogP contribution in [0.5, 0.6) is 0 Å². The average Bonchev–Trinajstić information content (AvgIpc) is 2.32. The van der Waals surface area contributed by atoms with Gasteiger partial charge in [-0.3, -0.25) is 4.79 Å². The van der Waals surface area contributed by atoms with Crippen molar-refractivity contribution in [3.8, 4) is 0 Å². The Balaban J connectivity index is 0.00000324. The first-order valence-electron chi connectivity index (χ1n) is 5.78. The summed E-state index contributed by atoms with van der Waals surface area (Å²) in [6, 6.07) is 3.05. The van der Waals surface area contributed by atoms with Crippen LogP contribution in [-0.2, 0) is 0 Å². The molecular weight excluding hydrogens is 274 g/mol. The van der Waals surface area contributed by atoms with Gasteiger partial charge in [-0.25, -0.2) is 8.78 Å². The first-order valence-corrected chi connectivity index (χ1v) is 5.78. The van der Waals surface area contributed by atoms with Crippen molar-refractivity contribution >= 4 is 18.3 Å². The van der Waals surface area contributed by atoms with E-state index in [1.54, 1.807) is 0 Å². The number of rotatable bonds is 4. The largest absolute Gasteiger partial charge is 0.345 e. The Kier molecular flexibility index (Phi) is 6.39. The molecular formula is C13H19ClF2N2O. The molecule has 3 nitrogen and oxygen atoms in total. The van der Waals surface area contributed by atoms with Gasteiger partial charge < -0.3 is 11.1 Å². The molecule has 0 bridgehead atoms. The molecule has 0 aliphatic heterocycles. The highest BCUT2D eigenvalue weighted by Gasteiger charge is 2.29. The third kappa shape index (κ3) is 4.14. The summed E-state index contributed by atoms with van der Waals surface area (Å²) in [5.74, 6) is -2.36. The van der Waals surface area contributed by atoms with Gasteiger partial charge in [0.2, 0.25) is 0 Å². The summed E-state index contributed by atoms with van der Waals surface area (Å²) in [4.78, 5) is 11.9. The summed E-state index contributed by atoms with van der Waals surface area (Å²) < 4.78 is 25.8. The van der Waals surface area contributed by atoms with Gasteiger partial charge in [0.25, 0.3) is 5.91 Å². The van der Waals surface area contributed by atoms with Crippen LogP contribution in [0, 0.1) is 17.6 Å². The van der Waals surface area contributed by atoms with Gasteiger partial charge in [0, 0.05) is 12.1 Å². The Morgan fingerprint density at radius 3 is 2.37 bits per heavy atom. The number of carbonyl (C=O) groups is 1. The van der Waals surface area contributed by atoms with Crippen LogP contribution in [0.4, 0.5) is 8.78 Å². The molecule has 0 spiro atoms. The van der Waals surface area contributed by atoms with E-state index < -0.39 is 23.1 Å². The van der Waals surface area contributed by atoms with Crippen LogP contribution in [0.25, 0.3) is 0 Å². The van der Waals surface area contributed by atoms with E-state index >= 15 is 0 Å². The minimum Gasteiger partial charge on any atom is -0.345 e. The summed E-state index contributed by atoms with van der Waals surface area (Å²) in [6.45, 7) is 5.94. The molecule has 0 fully saturated rings. The van der Waals surface area contributed by atoms with E-state index in [-0.39, 0.29) is 30.4 Å². The SMILES string of the molecule is CC(C)C(C)(CN)NC(=O)c1ccc(F)c(F)c1.Cl. The molecule has 0 saturated heterocycles. The molecule has 1 aromatic rings. The molecule has 1 amide bonds. The Morgan fingerprint density at radius 1 is 1.37 bits per heavy atom. The monoisotopic (exact) mass is 292 g/mol. The molecule has 0 saturated carbocycles. The van der Waals surface area contributed by atoms with Crippen LogP contribution in [0.1, 0.15) is 31.1 Å². The lowest BCUT2D eigenvalue weighted by atomic mass is 9.88. The van der Waals surface area contributed by atoms with Crippen LogP contribution in [0.15, 0.2) is 18.2 Å². The Labute approximate surface area is 118 Å². The molecule has 0 radical (unpaired) electrons. The van der Waals surface area contributed by atoms with Crippen molar-refractivity contribution in [1.29, 1.82) is 0 Å². The summed E-state index contributed by atoms with van der Waals surface area (Å²) in [5.41, 5.74) is 5.14. The van der Waals surface area contributed by atoms with Crippen molar-refractivity contribution in [3.05, 3.63) is 35.4 Å². The lowest BCUT2D eigenvalue weighted by Crippen LogP contribution is -2.55. The van der Waals surface area contributed by atoms with Gasteiger partial charge in [0.1, 0.15) is 0 Å². The zero-order valence-electron chi connectivity index (χ0n) is 11.2. The fourth-order valence-corrected chi connectivity index (χ4v) is 1.40. The molecule has 1 unspecified atom stereocenters. The smallest absolute Gasteiger partial charge is 0.251 e. The van der Waals surface area contributed by atoms with Gasteiger partial charge in [0.15, 0.2) is 11.6 Å². The van der Waals surface area contributed by atoms with E-state index in [2.05, 4.69) is 5.32 Å². The number of hydrogen-bond donors (Lipinski definition) is 2. The zero-order chi connectivity index (χ0) is 13.9. The van der Waals surface area contributed by atoms with Gasteiger partial charge in [-0.2, -0.15) is 0 Å². The molecule has 0 heterocycles. The average molecular weight is 293 g/mol. The summed E-state index contributed by atoms with van der Waals surface area (Å²) in [7, 11) is 0. The van der Waals surface area contributed by atoms with Crippen molar-refractivity contribution in [2.24, 2.45) is 11.7 Å². The second-order valence-electron chi connectivity index (χ2n) is 4.86. The fourth-order valence-electron chi connectivity index (χ4n) is 1.40. The van der Waals surface area contributed by atoms with Crippen molar-refractivity contribution in [2.45, 2.75) is 26.3 Å². The maximum Gasteiger partial charge on any atom is 0.251 e. The second kappa shape index (κ2) is 6.82. The normalized spacial score (nSPS) is 13.6. The highest BCUT2D eigenvalue weighted by Crippen LogP contribution is 2.16. The van der Waals surface area contributed by atoms with Crippen molar-refractivity contribution < 1.29 is 13.6 Å². The van der Waals surface area contributed by atoms with Gasteiger partial charge in [-0.1, -0.05) is 13.8 Å². The van der Waals surface area contributed by atoms with Crippen LogP contribution < -0.4 is 11.1 Å². The van der Waals surface area contributed by atoms with E-state index in [1.165, 1.54) is 6.07 Å². The van der Waals surface area contributed by atoms with Gasteiger partial charge in [-0.15, -0.1) is 12.4 Å². The number of benzene rings is 1. The lowest BCUT2D eigenvalue weighted by Gasteiger charge is -2.33. The molecule has 0 aromatic heterocycles. The third-order valence-corrected chi connectivity index (χ3v) is 3.28. The molecule has 1 rings (SSSR count). The third-order valence-electron chi connectivity index (χ3n) is 3.28. The van der Waals surface area contributed by atoms with Crippen LogP contribution in [0.2, 0.25) is 0 Å². The topological polar surface area (TPSA) is 55.1 Å². The number of hydrogen-bond acceptors (Lipinski definition) is 2. The van der Waals surface area contributed by atoms with E-state index in [1.807, 2.05) is 20.8 Å². The van der Waals surface area contributed by atoms with Gasteiger partial charge >= 0.3 is 0 Å². The minimum absolute atomic E-state index is 0. The van der Waals surface area contributed by atoms with Crippen molar-refractivity contribution in [2.75, 3.05) is 6.54 Å². The first kappa shape index (κ1) is 17.8. The molecule has 108 valence electrons. The Bertz CT molecular complexity index is 454. The zero-order valence-corrected chi connectivity index (χ0v) is 12.0. The molecule has 1 atom stereocenters. The summed E-state index contributed by atoms with van der Waals surface area (Å²) >= 11 is 0. The predicted molar refractivity (Wildman–Crippen MR) is 73.4 cm³/mol. The highest BCUT2D eigenvalue weighted by atomic mass is 35.5. The van der Waals surface area contributed by atoms with E-state index in [0.717, 1.165) is 12.1 Å². The molecule has 6 heteroatoms. The molecule has 0 aliphatic rings. The predicted octanol–water partition coefficient (Wildman–Crippen LogP) is 2.49. The standard InChI is InChI=1S/C13H18F2N2O.ClH/c1-8(2)13(3,7-16)17-12(18)9-4-5-10(14)11(15)6-9;/h4-6,8H,7,16H2,1-3H3,(H,17,18);1H. The number of amides is 1. The minimum atomic E-state index is -1.04. The van der Waals surface area contributed by atoms with Crippen molar-refractivity contribution in [3.63, 3.8) is 0 Å². The van der Waals surface area contributed by atoms with Crippen LogP contribution in [0.3, 0.4) is 0 Å². The maximum absolute atomic E-state index is 13.0. The first-order chi connectivity index (χ1) is 8.30. The summed E-state index contributed by atoms with van der Waals surface area (Å²) in [6.07, 6.45) is 0. The molecule has 0 aliphatic carbocycles. The second-order valence-corrected chi connectivity index (χ2v) is 4.86. The maximum atomic E-state index is 13.0. The summed E-state index contributed by atoms with van der Waals surface area (Å²) in [5, 5.41) is 2.75. The number of nitrogens with two attached hydrogens (primary N) is 1. The number of halogens is 3. The van der Waals surface area contributed by atoms with Crippen molar-refractivity contribution in [1.82, 2.24) is 5.32 Å². The Morgan fingerprint density at radius 2 is 1.95 bits per heavy atom. The van der Waals surface area contributed by atoms with E-state index in [4.69, 9.17) is 5.73 Å². The molecule has 3 N–H and O–H groups in total. The van der Waals surface area contributed by atoms with E-state index in [0.29, 0.717) is 0 Å². The van der Waals surface area contributed by atoms with Crippen LogP contribution >= 0.6 is 12.4 Å².